The van der Waals surface area contributed by atoms with E-state index < -0.39 is 17.5 Å². The Kier molecular flexibility index (Phi) is 7.42. The molecule has 0 radical (unpaired) electrons. The molecule has 1 saturated carbocycles. The molecule has 2 fully saturated rings. The first-order valence-corrected chi connectivity index (χ1v) is 15.9. The fourth-order valence-corrected chi connectivity index (χ4v) is 7.44. The minimum absolute atomic E-state index is 0.0885. The quantitative estimate of drug-likeness (QED) is 0.224. The van der Waals surface area contributed by atoms with Gasteiger partial charge in [-0.2, -0.15) is 5.10 Å². The number of hydrogen-bond acceptors (Lipinski definition) is 6. The third-order valence-electron chi connectivity index (χ3n) is 10.1. The zero-order valence-corrected chi connectivity index (χ0v) is 26.2. The van der Waals surface area contributed by atoms with E-state index in [4.69, 9.17) is 9.72 Å². The molecule has 4 atom stereocenters. The van der Waals surface area contributed by atoms with E-state index in [-0.39, 0.29) is 41.5 Å². The number of aryl methyl sites for hydroxylation is 1. The van der Waals surface area contributed by atoms with Crippen LogP contribution >= 0.6 is 0 Å². The van der Waals surface area contributed by atoms with Gasteiger partial charge < -0.3 is 25.7 Å². The van der Waals surface area contributed by atoms with Gasteiger partial charge in [0.05, 0.1) is 29.1 Å². The normalized spacial score (nSPS) is 22.4. The van der Waals surface area contributed by atoms with Gasteiger partial charge in [-0.05, 0) is 92.0 Å². The number of carbonyl (C=O) groups is 3. The van der Waals surface area contributed by atoms with Crippen molar-refractivity contribution >= 4 is 28.8 Å². The molecule has 3 amide bonds. The van der Waals surface area contributed by atoms with Crippen LogP contribution in [0.3, 0.4) is 0 Å². The number of amides is 3. The molecule has 1 aliphatic heterocycles. The minimum atomic E-state index is -0.979. The molecular weight excluding hydrogens is 589 g/mol. The third kappa shape index (κ3) is 5.04. The molecule has 1 saturated heterocycles. The Morgan fingerprint density at radius 1 is 1.13 bits per heavy atom. The predicted molar refractivity (Wildman–Crippen MR) is 167 cm³/mol. The van der Waals surface area contributed by atoms with Crippen LogP contribution in [0.25, 0.3) is 11.0 Å². The maximum Gasteiger partial charge on any atom is 0.270 e. The zero-order valence-electron chi connectivity index (χ0n) is 26.2. The lowest BCUT2D eigenvalue weighted by molar-refractivity contribution is -0.132. The molecular formula is C34H38FN7O4. The van der Waals surface area contributed by atoms with E-state index in [0.717, 1.165) is 36.0 Å². The fourth-order valence-electron chi connectivity index (χ4n) is 7.44. The number of benzene rings is 2. The summed E-state index contributed by atoms with van der Waals surface area (Å²) in [6.45, 7) is 4.56. The van der Waals surface area contributed by atoms with Gasteiger partial charge in [0.1, 0.15) is 23.4 Å². The van der Waals surface area contributed by atoms with Crippen LogP contribution < -0.4 is 16.0 Å². The van der Waals surface area contributed by atoms with Crippen LogP contribution in [0.4, 0.5) is 4.39 Å². The molecule has 2 aliphatic carbocycles. The number of likely N-dealkylation sites (N-methyl/N-ethyl adjacent to an activating group) is 1. The number of aromatic amines is 1. The lowest BCUT2D eigenvalue weighted by Gasteiger charge is -2.29. The summed E-state index contributed by atoms with van der Waals surface area (Å²) in [5, 5.41) is 13.0. The van der Waals surface area contributed by atoms with Crippen molar-refractivity contribution < 1.29 is 23.5 Å². The summed E-state index contributed by atoms with van der Waals surface area (Å²) in [6, 6.07) is 11.0. The van der Waals surface area contributed by atoms with Gasteiger partial charge in [0.2, 0.25) is 11.8 Å². The van der Waals surface area contributed by atoms with Crippen LogP contribution in [0, 0.1) is 11.2 Å². The van der Waals surface area contributed by atoms with E-state index in [2.05, 4.69) is 26.0 Å². The molecule has 1 spiro atoms. The Hall–Kier alpha value is -4.58. The molecule has 3 aliphatic rings. The van der Waals surface area contributed by atoms with Crippen molar-refractivity contribution in [3.05, 3.63) is 82.7 Å². The second-order valence-electron chi connectivity index (χ2n) is 13.0. The number of H-pyrrole nitrogens is 1. The summed E-state index contributed by atoms with van der Waals surface area (Å²) in [7, 11) is 1.71. The van der Waals surface area contributed by atoms with E-state index in [1.165, 1.54) is 10.7 Å². The number of aromatic nitrogens is 4. The maximum atomic E-state index is 14.6. The molecule has 1 unspecified atom stereocenters. The van der Waals surface area contributed by atoms with Crippen molar-refractivity contribution in [2.75, 3.05) is 19.8 Å². The standard InChI is InChI=1S/C34H38FN7O4/c1-4-36-30(43)19(2)38-32(45)34(12-14-46-18-34)21-6-8-24-25(15-21)40-29(39-24)28(41-31(44)26-9-13-37-42(26)3)27-23-16-22(35)7-5-20(23)17-33(27)10-11-33/h5-9,13,15-16,19,27-28H,4,10-12,14,17-18H2,1-3H3,(H,36,43)(H,38,45)(H,39,40)(H,41,44)/t19-,27-,28+,34?/m1/s1. The Morgan fingerprint density at radius 2 is 1.96 bits per heavy atom. The van der Waals surface area contributed by atoms with Gasteiger partial charge in [0.25, 0.3) is 5.91 Å². The number of rotatable bonds is 9. The lowest BCUT2D eigenvalue weighted by atomic mass is 9.78. The van der Waals surface area contributed by atoms with E-state index in [9.17, 15) is 18.8 Å². The smallest absolute Gasteiger partial charge is 0.270 e. The van der Waals surface area contributed by atoms with Crippen molar-refractivity contribution in [2.45, 2.75) is 62.9 Å². The SMILES string of the molecule is CCNC(=O)[C@@H](C)NC(=O)C1(c2ccc3nc([C@@H](NC(=O)c4ccnn4C)[C@H]4c5cc(F)ccc5CC45CC5)[nH]c3c2)CCOC1. The highest BCUT2D eigenvalue weighted by Gasteiger charge is 2.58. The number of carbonyl (C=O) groups excluding carboxylic acids is 3. The highest BCUT2D eigenvalue weighted by Crippen LogP contribution is 2.66. The molecule has 0 bridgehead atoms. The summed E-state index contributed by atoms with van der Waals surface area (Å²) in [5.41, 5.74) is 3.45. The van der Waals surface area contributed by atoms with E-state index in [1.807, 2.05) is 31.2 Å². The fraction of sp³-hybridized carbons (Fsp3) is 0.441. The van der Waals surface area contributed by atoms with Crippen LogP contribution in [-0.2, 0) is 33.2 Å². The Bertz CT molecular complexity index is 1840. The molecule has 4 N–H and O–H groups in total. The second kappa shape index (κ2) is 11.3. The van der Waals surface area contributed by atoms with Crippen LogP contribution in [0.2, 0.25) is 0 Å². The van der Waals surface area contributed by atoms with Gasteiger partial charge in [0.15, 0.2) is 0 Å². The molecule has 12 heteroatoms. The largest absolute Gasteiger partial charge is 0.380 e. The number of hydrogen-bond donors (Lipinski definition) is 4. The van der Waals surface area contributed by atoms with Gasteiger partial charge in [-0.1, -0.05) is 12.1 Å². The molecule has 240 valence electrons. The Morgan fingerprint density at radius 3 is 2.65 bits per heavy atom. The van der Waals surface area contributed by atoms with Gasteiger partial charge in [-0.15, -0.1) is 0 Å². The summed E-state index contributed by atoms with van der Waals surface area (Å²) < 4.78 is 21.9. The summed E-state index contributed by atoms with van der Waals surface area (Å²) >= 11 is 0. The number of ether oxygens (including phenoxy) is 1. The number of halogens is 1. The highest BCUT2D eigenvalue weighted by atomic mass is 19.1. The number of nitrogens with one attached hydrogen (secondary N) is 4. The number of nitrogens with zero attached hydrogens (tertiary/aromatic N) is 3. The average molecular weight is 628 g/mol. The van der Waals surface area contributed by atoms with Crippen molar-refractivity contribution in [3.63, 3.8) is 0 Å². The highest BCUT2D eigenvalue weighted by molar-refractivity contribution is 5.94. The first-order valence-electron chi connectivity index (χ1n) is 15.9. The molecule has 46 heavy (non-hydrogen) atoms. The Labute approximate surface area is 265 Å². The monoisotopic (exact) mass is 627 g/mol. The van der Waals surface area contributed by atoms with Crippen molar-refractivity contribution in [1.29, 1.82) is 0 Å². The van der Waals surface area contributed by atoms with Crippen molar-refractivity contribution in [1.82, 2.24) is 35.7 Å². The second-order valence-corrected chi connectivity index (χ2v) is 13.0. The van der Waals surface area contributed by atoms with Crippen LogP contribution in [-0.4, -0.2) is 63.3 Å². The van der Waals surface area contributed by atoms with Crippen molar-refractivity contribution in [2.24, 2.45) is 12.5 Å². The van der Waals surface area contributed by atoms with E-state index in [1.54, 1.807) is 32.3 Å². The summed E-state index contributed by atoms with van der Waals surface area (Å²) in [4.78, 5) is 48.2. The van der Waals surface area contributed by atoms with E-state index in [0.29, 0.717) is 42.1 Å². The number of fused-ring (bicyclic) bond motifs is 2. The van der Waals surface area contributed by atoms with Crippen molar-refractivity contribution in [3.8, 4) is 0 Å². The molecule has 11 nitrogen and oxygen atoms in total. The predicted octanol–water partition coefficient (Wildman–Crippen LogP) is 3.33. The maximum absolute atomic E-state index is 14.6. The van der Waals surface area contributed by atoms with Gasteiger partial charge in [0, 0.05) is 32.3 Å². The molecule has 2 aromatic carbocycles. The molecule has 7 rings (SSSR count). The molecule has 4 aromatic rings. The average Bonchev–Trinajstić information content (AvgIpc) is 3.46. The van der Waals surface area contributed by atoms with Crippen LogP contribution in [0.15, 0.2) is 48.7 Å². The van der Waals surface area contributed by atoms with Gasteiger partial charge in [-0.25, -0.2) is 9.37 Å². The first-order chi connectivity index (χ1) is 22.1. The van der Waals surface area contributed by atoms with Gasteiger partial charge >= 0.3 is 0 Å². The third-order valence-corrected chi connectivity index (χ3v) is 10.1. The first kappa shape index (κ1) is 30.1. The topological polar surface area (TPSA) is 143 Å². The Balaban J connectivity index is 1.27. The van der Waals surface area contributed by atoms with Crippen LogP contribution in [0.1, 0.15) is 78.1 Å². The minimum Gasteiger partial charge on any atom is -0.380 e. The van der Waals surface area contributed by atoms with E-state index >= 15 is 0 Å². The van der Waals surface area contributed by atoms with Gasteiger partial charge in [-0.3, -0.25) is 19.1 Å². The molecule has 3 heterocycles. The van der Waals surface area contributed by atoms with Crippen LogP contribution in [0.5, 0.6) is 0 Å². The summed E-state index contributed by atoms with van der Waals surface area (Å²) in [5.74, 6) is -0.763. The zero-order chi connectivity index (χ0) is 32.2. The lowest BCUT2D eigenvalue weighted by Crippen LogP contribution is -2.52. The molecule has 2 aromatic heterocycles. The summed E-state index contributed by atoms with van der Waals surface area (Å²) in [6.07, 6.45) is 4.81. The number of imidazole rings is 1.